The van der Waals surface area contributed by atoms with Crippen LogP contribution in [-0.4, -0.2) is 30.0 Å². The molecule has 21 heavy (non-hydrogen) atoms. The highest BCUT2D eigenvalue weighted by Crippen LogP contribution is 2.30. The highest BCUT2D eigenvalue weighted by atomic mass is 127. The van der Waals surface area contributed by atoms with Gasteiger partial charge in [-0.2, -0.15) is 9.90 Å². The second-order valence-electron chi connectivity index (χ2n) is 4.10. The lowest BCUT2D eigenvalue weighted by molar-refractivity contribution is 0.630. The zero-order valence-electron chi connectivity index (χ0n) is 10.4. The molecular formula is C11H6Cl2I2N6. The summed E-state index contributed by atoms with van der Waals surface area (Å²) in [6.45, 7) is 0. The molecule has 0 unspecified atom stereocenters. The summed E-state index contributed by atoms with van der Waals surface area (Å²) in [5.41, 5.74) is 1.62. The Kier molecular flexibility index (Phi) is 4.39. The van der Waals surface area contributed by atoms with E-state index < -0.39 is 0 Å². The van der Waals surface area contributed by atoms with Gasteiger partial charge in [0.15, 0.2) is 0 Å². The highest BCUT2D eigenvalue weighted by molar-refractivity contribution is 14.1. The Morgan fingerprint density at radius 3 is 2.29 bits per heavy atom. The Bertz CT molecular complexity index is 808. The maximum Gasteiger partial charge on any atom is 0.210 e. The summed E-state index contributed by atoms with van der Waals surface area (Å²) < 4.78 is 3.40. The molecule has 6 nitrogen and oxygen atoms in total. The van der Waals surface area contributed by atoms with Crippen LogP contribution in [-0.2, 0) is 7.05 Å². The first kappa shape index (κ1) is 15.4. The molecule has 0 atom stereocenters. The molecule has 3 aromatic rings. The summed E-state index contributed by atoms with van der Waals surface area (Å²) in [4.78, 5) is 1.41. The lowest BCUT2D eigenvalue weighted by Gasteiger charge is -2.05. The molecule has 0 aliphatic rings. The fourth-order valence-corrected chi connectivity index (χ4v) is 4.40. The van der Waals surface area contributed by atoms with Crippen LogP contribution in [0.5, 0.6) is 0 Å². The predicted octanol–water partition coefficient (Wildman–Crippen LogP) is 3.58. The Labute approximate surface area is 157 Å². The number of hydrogen-bond donors (Lipinski definition) is 0. The number of tetrazole rings is 1. The highest BCUT2D eigenvalue weighted by Gasteiger charge is 2.21. The van der Waals surface area contributed by atoms with E-state index in [0.29, 0.717) is 15.9 Å². The van der Waals surface area contributed by atoms with Gasteiger partial charge in [0.1, 0.15) is 7.40 Å². The molecule has 2 heterocycles. The molecule has 0 amide bonds. The van der Waals surface area contributed by atoms with Gasteiger partial charge in [-0.3, -0.25) is 0 Å². The first-order valence-electron chi connectivity index (χ1n) is 5.60. The molecule has 0 bridgehead atoms. The Morgan fingerprint density at radius 1 is 1.05 bits per heavy atom. The van der Waals surface area contributed by atoms with Gasteiger partial charge >= 0.3 is 0 Å². The second kappa shape index (κ2) is 5.97. The summed E-state index contributed by atoms with van der Waals surface area (Å²) in [6, 6.07) is 5.28. The van der Waals surface area contributed by atoms with Crippen LogP contribution in [0.15, 0.2) is 18.2 Å². The first-order valence-corrected chi connectivity index (χ1v) is 8.52. The van der Waals surface area contributed by atoms with E-state index in [9.17, 15) is 0 Å². The van der Waals surface area contributed by atoms with Gasteiger partial charge in [0.2, 0.25) is 5.82 Å². The third-order valence-corrected chi connectivity index (χ3v) is 4.80. The maximum atomic E-state index is 6.05. The van der Waals surface area contributed by atoms with Crippen molar-refractivity contribution in [2.45, 2.75) is 0 Å². The van der Waals surface area contributed by atoms with E-state index in [-0.39, 0.29) is 0 Å². The average molecular weight is 547 g/mol. The van der Waals surface area contributed by atoms with Crippen molar-refractivity contribution in [1.82, 2.24) is 30.0 Å². The molecule has 0 aliphatic heterocycles. The standard InChI is InChI=1S/C11H6Cl2I2N6/c1-20-18-11(16-19-20)8-9(14)17-21(10(8)15)7-3-5(12)2-6(13)4-7/h2-4H,1H3. The fourth-order valence-electron chi connectivity index (χ4n) is 1.77. The van der Waals surface area contributed by atoms with Gasteiger partial charge in [-0.25, -0.2) is 4.68 Å². The van der Waals surface area contributed by atoms with Crippen molar-refractivity contribution in [3.05, 3.63) is 35.6 Å². The number of benzene rings is 1. The molecule has 0 saturated heterocycles. The van der Waals surface area contributed by atoms with Crippen LogP contribution in [0.4, 0.5) is 0 Å². The molecular weight excluding hydrogens is 541 g/mol. The zero-order chi connectivity index (χ0) is 15.1. The summed E-state index contributed by atoms with van der Waals surface area (Å²) in [5.74, 6) is 0.533. The van der Waals surface area contributed by atoms with Gasteiger partial charge < -0.3 is 0 Å². The lowest BCUT2D eigenvalue weighted by Crippen LogP contribution is -1.99. The van der Waals surface area contributed by atoms with Crippen LogP contribution in [0.2, 0.25) is 10.0 Å². The Hall–Kier alpha value is -0.460. The van der Waals surface area contributed by atoms with Crippen LogP contribution in [0.25, 0.3) is 17.1 Å². The normalized spacial score (nSPS) is 11.1. The van der Waals surface area contributed by atoms with E-state index in [0.717, 1.165) is 18.7 Å². The zero-order valence-corrected chi connectivity index (χ0v) is 16.3. The number of rotatable bonds is 2. The smallest absolute Gasteiger partial charge is 0.210 e. The maximum absolute atomic E-state index is 6.05. The topological polar surface area (TPSA) is 61.4 Å². The monoisotopic (exact) mass is 546 g/mol. The Balaban J connectivity index is 2.17. The Morgan fingerprint density at radius 2 is 1.71 bits per heavy atom. The summed E-state index contributed by atoms with van der Waals surface area (Å²) >= 11 is 16.4. The van der Waals surface area contributed by atoms with Crippen molar-refractivity contribution < 1.29 is 0 Å². The average Bonchev–Trinajstić information content (AvgIpc) is 2.92. The second-order valence-corrected chi connectivity index (χ2v) is 7.02. The molecule has 0 aliphatic carbocycles. The third-order valence-electron chi connectivity index (χ3n) is 2.61. The predicted molar refractivity (Wildman–Crippen MR) is 96.8 cm³/mol. The van der Waals surface area contributed by atoms with Gasteiger partial charge in [-0.05, 0) is 68.6 Å². The van der Waals surface area contributed by atoms with E-state index >= 15 is 0 Å². The molecule has 0 fully saturated rings. The molecule has 0 spiro atoms. The van der Waals surface area contributed by atoms with E-state index in [4.69, 9.17) is 23.2 Å². The van der Waals surface area contributed by atoms with Gasteiger partial charge in [-0.15, -0.1) is 10.2 Å². The van der Waals surface area contributed by atoms with Crippen LogP contribution in [0, 0.1) is 7.40 Å². The molecule has 0 saturated carbocycles. The van der Waals surface area contributed by atoms with Gasteiger partial charge in [0, 0.05) is 10.0 Å². The van der Waals surface area contributed by atoms with Crippen molar-refractivity contribution >= 4 is 68.4 Å². The number of halogens is 4. The van der Waals surface area contributed by atoms with Crippen LogP contribution in [0.3, 0.4) is 0 Å². The van der Waals surface area contributed by atoms with Crippen molar-refractivity contribution in [2.24, 2.45) is 7.05 Å². The molecule has 108 valence electrons. The fraction of sp³-hybridized carbons (Fsp3) is 0.0909. The SMILES string of the molecule is Cn1nnc(-c2c(I)nn(-c3cc(Cl)cc(Cl)c3)c2I)n1. The minimum Gasteiger partial charge on any atom is -0.226 e. The van der Waals surface area contributed by atoms with Crippen LogP contribution in [0.1, 0.15) is 0 Å². The molecule has 1 aromatic carbocycles. The van der Waals surface area contributed by atoms with E-state index in [1.54, 1.807) is 29.9 Å². The number of aryl methyl sites for hydroxylation is 1. The number of hydrogen-bond acceptors (Lipinski definition) is 4. The van der Waals surface area contributed by atoms with Gasteiger partial charge in [0.05, 0.1) is 18.3 Å². The molecule has 2 aromatic heterocycles. The summed E-state index contributed by atoms with van der Waals surface area (Å²) in [6.07, 6.45) is 0. The number of nitrogens with zero attached hydrogens (tertiary/aromatic N) is 6. The van der Waals surface area contributed by atoms with Crippen LogP contribution < -0.4 is 0 Å². The van der Waals surface area contributed by atoms with E-state index in [2.05, 4.69) is 65.7 Å². The summed E-state index contributed by atoms with van der Waals surface area (Å²) in [7, 11) is 1.72. The van der Waals surface area contributed by atoms with E-state index in [1.165, 1.54) is 4.80 Å². The van der Waals surface area contributed by atoms with Crippen molar-refractivity contribution in [3.63, 3.8) is 0 Å². The summed E-state index contributed by atoms with van der Waals surface area (Å²) in [5, 5.41) is 17.7. The molecule has 10 heteroatoms. The number of aromatic nitrogens is 6. The van der Waals surface area contributed by atoms with E-state index in [1.807, 2.05) is 0 Å². The third kappa shape index (κ3) is 3.03. The van der Waals surface area contributed by atoms with Gasteiger partial charge in [-0.1, -0.05) is 23.2 Å². The largest absolute Gasteiger partial charge is 0.226 e. The minimum atomic E-state index is 0.533. The minimum absolute atomic E-state index is 0.533. The van der Waals surface area contributed by atoms with Gasteiger partial charge in [0.25, 0.3) is 0 Å². The van der Waals surface area contributed by atoms with Crippen molar-refractivity contribution in [1.29, 1.82) is 0 Å². The molecule has 0 radical (unpaired) electrons. The van der Waals surface area contributed by atoms with Crippen molar-refractivity contribution in [3.8, 4) is 17.1 Å². The molecule has 3 rings (SSSR count). The lowest BCUT2D eigenvalue weighted by atomic mass is 10.3. The van der Waals surface area contributed by atoms with Crippen LogP contribution >= 0.6 is 68.4 Å². The van der Waals surface area contributed by atoms with Crippen molar-refractivity contribution in [2.75, 3.05) is 0 Å². The molecule has 0 N–H and O–H groups in total. The first-order chi connectivity index (χ1) is 9.95. The quantitative estimate of drug-likeness (QED) is 0.461.